The molecule has 0 spiro atoms. The van der Waals surface area contributed by atoms with Crippen molar-refractivity contribution in [2.75, 3.05) is 7.05 Å². The lowest BCUT2D eigenvalue weighted by molar-refractivity contribution is -0.140. The molecule has 1 aliphatic rings. The van der Waals surface area contributed by atoms with Gasteiger partial charge in [-0.3, -0.25) is 0 Å². The van der Waals surface area contributed by atoms with Crippen molar-refractivity contribution in [1.29, 1.82) is 0 Å². The van der Waals surface area contributed by atoms with Gasteiger partial charge in [-0.15, -0.1) is 0 Å². The van der Waals surface area contributed by atoms with Crippen LogP contribution in [0.25, 0.3) is 0 Å². The van der Waals surface area contributed by atoms with Gasteiger partial charge in [0.1, 0.15) is 6.04 Å². The molecule has 0 aromatic heterocycles. The van der Waals surface area contributed by atoms with Crippen LogP contribution in [0.2, 0.25) is 0 Å². The SMILES string of the molecule is CC(C)C(NC(=O)N(C)C1CCCC1)C(=O)O. The van der Waals surface area contributed by atoms with Crippen LogP contribution >= 0.6 is 0 Å². The molecule has 5 nitrogen and oxygen atoms in total. The third-order valence-corrected chi connectivity index (χ3v) is 3.40. The molecule has 2 amide bonds. The number of rotatable bonds is 4. The van der Waals surface area contributed by atoms with Crippen molar-refractivity contribution < 1.29 is 14.7 Å². The highest BCUT2D eigenvalue weighted by atomic mass is 16.4. The summed E-state index contributed by atoms with van der Waals surface area (Å²) < 4.78 is 0. The minimum Gasteiger partial charge on any atom is -0.480 e. The molecule has 0 radical (unpaired) electrons. The Morgan fingerprint density at radius 1 is 1.29 bits per heavy atom. The summed E-state index contributed by atoms with van der Waals surface area (Å²) in [4.78, 5) is 24.5. The third-order valence-electron chi connectivity index (χ3n) is 3.40. The molecule has 1 atom stereocenters. The predicted octanol–water partition coefficient (Wildman–Crippen LogP) is 1.68. The van der Waals surface area contributed by atoms with Gasteiger partial charge in [-0.2, -0.15) is 0 Å². The van der Waals surface area contributed by atoms with E-state index in [-0.39, 0.29) is 18.0 Å². The van der Waals surface area contributed by atoms with Gasteiger partial charge in [0.05, 0.1) is 0 Å². The van der Waals surface area contributed by atoms with E-state index in [0.29, 0.717) is 0 Å². The number of carbonyl (C=O) groups is 2. The molecule has 0 aliphatic heterocycles. The Hall–Kier alpha value is -1.26. The molecule has 0 aromatic carbocycles. The van der Waals surface area contributed by atoms with Crippen molar-refractivity contribution in [3.05, 3.63) is 0 Å². The lowest BCUT2D eigenvalue weighted by Gasteiger charge is -2.27. The number of carboxylic acids is 1. The molecule has 1 rings (SSSR count). The molecule has 0 aromatic rings. The first-order valence-corrected chi connectivity index (χ1v) is 6.19. The summed E-state index contributed by atoms with van der Waals surface area (Å²) in [5.41, 5.74) is 0. The summed E-state index contributed by atoms with van der Waals surface area (Å²) in [7, 11) is 1.74. The average molecular weight is 242 g/mol. The van der Waals surface area contributed by atoms with Crippen LogP contribution in [0.5, 0.6) is 0 Å². The first-order valence-electron chi connectivity index (χ1n) is 6.19. The Bertz CT molecular complexity index is 285. The van der Waals surface area contributed by atoms with E-state index in [1.807, 2.05) is 0 Å². The summed E-state index contributed by atoms with van der Waals surface area (Å²) in [6, 6.07) is -0.832. The maximum absolute atomic E-state index is 11.9. The molecule has 0 saturated heterocycles. The number of hydrogen-bond donors (Lipinski definition) is 2. The standard InChI is InChI=1S/C12H22N2O3/c1-8(2)10(11(15)16)13-12(17)14(3)9-6-4-5-7-9/h8-10H,4-7H2,1-3H3,(H,13,17)(H,15,16). The summed E-state index contributed by atoms with van der Waals surface area (Å²) in [5.74, 6) is -1.10. The number of urea groups is 1. The van der Waals surface area contributed by atoms with Gasteiger partial charge >= 0.3 is 12.0 Å². The molecule has 1 saturated carbocycles. The molecule has 1 unspecified atom stereocenters. The van der Waals surface area contributed by atoms with Crippen LogP contribution in [0.3, 0.4) is 0 Å². The van der Waals surface area contributed by atoms with E-state index in [1.165, 1.54) is 0 Å². The van der Waals surface area contributed by atoms with Gasteiger partial charge in [-0.05, 0) is 18.8 Å². The number of carboxylic acid groups (broad SMARTS) is 1. The Kier molecular flexibility index (Phi) is 4.78. The van der Waals surface area contributed by atoms with Gasteiger partial charge in [0.2, 0.25) is 0 Å². The van der Waals surface area contributed by atoms with E-state index in [0.717, 1.165) is 25.7 Å². The molecule has 0 bridgehead atoms. The maximum atomic E-state index is 11.9. The Morgan fingerprint density at radius 2 is 1.82 bits per heavy atom. The van der Waals surface area contributed by atoms with Crippen molar-refractivity contribution in [1.82, 2.24) is 10.2 Å². The number of hydrogen-bond acceptors (Lipinski definition) is 2. The fourth-order valence-corrected chi connectivity index (χ4v) is 2.21. The zero-order chi connectivity index (χ0) is 13.0. The fourth-order valence-electron chi connectivity index (χ4n) is 2.21. The zero-order valence-corrected chi connectivity index (χ0v) is 10.8. The van der Waals surface area contributed by atoms with Gasteiger partial charge in [0.15, 0.2) is 0 Å². The molecule has 0 heterocycles. The number of nitrogens with one attached hydrogen (secondary N) is 1. The number of carbonyl (C=O) groups excluding carboxylic acids is 1. The van der Waals surface area contributed by atoms with Gasteiger partial charge in [-0.1, -0.05) is 26.7 Å². The number of nitrogens with zero attached hydrogens (tertiary/aromatic N) is 1. The van der Waals surface area contributed by atoms with Gasteiger partial charge in [0.25, 0.3) is 0 Å². The highest BCUT2D eigenvalue weighted by Gasteiger charge is 2.28. The molecular formula is C12H22N2O3. The normalized spacial score (nSPS) is 18.1. The second-order valence-electron chi connectivity index (χ2n) is 5.06. The van der Waals surface area contributed by atoms with Gasteiger partial charge in [0, 0.05) is 13.1 Å². The van der Waals surface area contributed by atoms with E-state index in [9.17, 15) is 9.59 Å². The average Bonchev–Trinajstić information content (AvgIpc) is 2.76. The van der Waals surface area contributed by atoms with Crippen LogP contribution in [-0.4, -0.2) is 41.1 Å². The molecule has 98 valence electrons. The molecular weight excluding hydrogens is 220 g/mol. The lowest BCUT2D eigenvalue weighted by Crippen LogP contribution is -2.51. The Morgan fingerprint density at radius 3 is 2.24 bits per heavy atom. The summed E-state index contributed by atoms with van der Waals surface area (Å²) in [6.45, 7) is 3.57. The zero-order valence-electron chi connectivity index (χ0n) is 10.8. The predicted molar refractivity (Wildman–Crippen MR) is 64.8 cm³/mol. The fraction of sp³-hybridized carbons (Fsp3) is 0.833. The van der Waals surface area contributed by atoms with Crippen LogP contribution < -0.4 is 5.32 Å². The molecule has 1 fully saturated rings. The van der Waals surface area contributed by atoms with Crippen LogP contribution in [0.15, 0.2) is 0 Å². The van der Waals surface area contributed by atoms with E-state index in [4.69, 9.17) is 5.11 Å². The summed E-state index contributed by atoms with van der Waals surface area (Å²) >= 11 is 0. The van der Waals surface area contributed by atoms with E-state index < -0.39 is 12.0 Å². The van der Waals surface area contributed by atoms with Crippen molar-refractivity contribution in [3.63, 3.8) is 0 Å². The van der Waals surface area contributed by atoms with Crippen molar-refractivity contribution in [2.24, 2.45) is 5.92 Å². The minimum atomic E-state index is -0.979. The summed E-state index contributed by atoms with van der Waals surface area (Å²) in [5, 5.41) is 11.6. The highest BCUT2D eigenvalue weighted by Crippen LogP contribution is 2.22. The second-order valence-corrected chi connectivity index (χ2v) is 5.06. The van der Waals surface area contributed by atoms with Crippen molar-refractivity contribution >= 4 is 12.0 Å². The number of amides is 2. The smallest absolute Gasteiger partial charge is 0.326 e. The molecule has 2 N–H and O–H groups in total. The van der Waals surface area contributed by atoms with Crippen LogP contribution in [-0.2, 0) is 4.79 Å². The monoisotopic (exact) mass is 242 g/mol. The molecule has 1 aliphatic carbocycles. The third kappa shape index (κ3) is 3.61. The van der Waals surface area contributed by atoms with Gasteiger partial charge in [-0.25, -0.2) is 9.59 Å². The topological polar surface area (TPSA) is 69.6 Å². The van der Waals surface area contributed by atoms with E-state index >= 15 is 0 Å². The van der Waals surface area contributed by atoms with Gasteiger partial charge < -0.3 is 15.3 Å². The van der Waals surface area contributed by atoms with Crippen LogP contribution in [0.1, 0.15) is 39.5 Å². The quantitative estimate of drug-likeness (QED) is 0.788. The first kappa shape index (κ1) is 13.8. The van der Waals surface area contributed by atoms with Crippen LogP contribution in [0, 0.1) is 5.92 Å². The largest absolute Gasteiger partial charge is 0.480 e. The van der Waals surface area contributed by atoms with Crippen molar-refractivity contribution in [3.8, 4) is 0 Å². The Balaban J connectivity index is 2.54. The van der Waals surface area contributed by atoms with Crippen molar-refractivity contribution in [2.45, 2.75) is 51.6 Å². The second kappa shape index (κ2) is 5.89. The highest BCUT2D eigenvalue weighted by molar-refractivity contribution is 5.82. The minimum absolute atomic E-state index is 0.117. The molecule has 17 heavy (non-hydrogen) atoms. The summed E-state index contributed by atoms with van der Waals surface area (Å²) in [6.07, 6.45) is 4.33. The molecule has 5 heteroatoms. The van der Waals surface area contributed by atoms with Crippen LogP contribution in [0.4, 0.5) is 4.79 Å². The lowest BCUT2D eigenvalue weighted by atomic mass is 10.1. The number of aliphatic carboxylic acids is 1. The van der Waals surface area contributed by atoms with E-state index in [2.05, 4.69) is 5.32 Å². The first-order chi connectivity index (χ1) is 7.93. The maximum Gasteiger partial charge on any atom is 0.326 e. The Labute approximate surface area is 102 Å². The van der Waals surface area contributed by atoms with E-state index in [1.54, 1.807) is 25.8 Å².